The molecule has 148 valence electrons. The Morgan fingerprint density at radius 3 is 2.70 bits per heavy atom. The monoisotopic (exact) mass is 371 g/mol. The lowest BCUT2D eigenvalue weighted by Gasteiger charge is -2.35. The maximum absolute atomic E-state index is 12.8. The fourth-order valence-electron chi connectivity index (χ4n) is 4.98. The third-order valence-corrected chi connectivity index (χ3v) is 6.60. The Kier molecular flexibility index (Phi) is 6.11. The van der Waals surface area contributed by atoms with Crippen LogP contribution in [0.15, 0.2) is 24.3 Å². The fraction of sp³-hybridized carbons (Fsp3) is 0.682. The Morgan fingerprint density at radius 1 is 1.22 bits per heavy atom. The van der Waals surface area contributed by atoms with Gasteiger partial charge in [-0.25, -0.2) is 0 Å². The van der Waals surface area contributed by atoms with Gasteiger partial charge in [-0.15, -0.1) is 0 Å². The average Bonchev–Trinajstić information content (AvgIpc) is 3.14. The second-order valence-corrected chi connectivity index (χ2v) is 8.43. The first-order chi connectivity index (χ1) is 13.2. The summed E-state index contributed by atoms with van der Waals surface area (Å²) in [6.45, 7) is 6.14. The molecule has 4 unspecified atom stereocenters. The molecule has 1 aliphatic carbocycles. The molecule has 3 fully saturated rings. The summed E-state index contributed by atoms with van der Waals surface area (Å²) in [5.41, 5.74) is 2.54. The molecule has 27 heavy (non-hydrogen) atoms. The Bertz CT molecular complexity index is 613. The lowest BCUT2D eigenvalue weighted by atomic mass is 9.85. The SMILES string of the molecule is Cc1ccc(C(CNC(=O)C2CC3CCCCC3N2)N2CCOCC2)cc1. The first-order valence-electron chi connectivity index (χ1n) is 10.6. The quantitative estimate of drug-likeness (QED) is 0.835. The zero-order valence-corrected chi connectivity index (χ0v) is 16.5. The molecule has 1 saturated carbocycles. The summed E-state index contributed by atoms with van der Waals surface area (Å²) in [6.07, 6.45) is 6.14. The molecule has 1 aromatic carbocycles. The number of amides is 1. The zero-order valence-electron chi connectivity index (χ0n) is 16.5. The molecule has 1 amide bonds. The smallest absolute Gasteiger partial charge is 0.237 e. The minimum atomic E-state index is -0.0125. The molecule has 0 aromatic heterocycles. The van der Waals surface area contributed by atoms with Crippen molar-refractivity contribution in [2.75, 3.05) is 32.8 Å². The minimum Gasteiger partial charge on any atom is -0.379 e. The van der Waals surface area contributed by atoms with Crippen LogP contribution in [0.5, 0.6) is 0 Å². The third-order valence-electron chi connectivity index (χ3n) is 6.60. The normalized spacial score (nSPS) is 29.9. The first kappa shape index (κ1) is 18.9. The van der Waals surface area contributed by atoms with Crippen LogP contribution in [0.2, 0.25) is 0 Å². The molecule has 4 rings (SSSR count). The van der Waals surface area contributed by atoms with Gasteiger partial charge in [0.05, 0.1) is 25.3 Å². The molecule has 2 saturated heterocycles. The van der Waals surface area contributed by atoms with Crippen LogP contribution in [0, 0.1) is 12.8 Å². The van der Waals surface area contributed by atoms with Gasteiger partial charge >= 0.3 is 0 Å². The number of benzene rings is 1. The average molecular weight is 372 g/mol. The van der Waals surface area contributed by atoms with E-state index in [0.717, 1.165) is 32.7 Å². The molecule has 4 atom stereocenters. The van der Waals surface area contributed by atoms with E-state index in [1.807, 2.05) is 0 Å². The van der Waals surface area contributed by atoms with Crippen LogP contribution in [-0.4, -0.2) is 55.7 Å². The minimum absolute atomic E-state index is 0.0125. The standard InChI is InChI=1S/C22H33N3O2/c1-16-6-8-17(9-7-16)21(25-10-12-27-13-11-25)15-23-22(26)20-14-18-4-2-3-5-19(18)24-20/h6-9,18-21,24H,2-5,10-15H2,1H3,(H,23,26). The van der Waals surface area contributed by atoms with Gasteiger partial charge in [-0.3, -0.25) is 9.69 Å². The predicted molar refractivity (Wildman–Crippen MR) is 107 cm³/mol. The van der Waals surface area contributed by atoms with E-state index in [1.54, 1.807) is 0 Å². The molecule has 0 bridgehead atoms. The van der Waals surface area contributed by atoms with Gasteiger partial charge in [0.2, 0.25) is 5.91 Å². The van der Waals surface area contributed by atoms with Gasteiger partial charge in [-0.1, -0.05) is 42.7 Å². The number of hydrogen-bond donors (Lipinski definition) is 2. The topological polar surface area (TPSA) is 53.6 Å². The van der Waals surface area contributed by atoms with Crippen molar-refractivity contribution in [3.8, 4) is 0 Å². The van der Waals surface area contributed by atoms with Crippen LogP contribution in [-0.2, 0) is 9.53 Å². The number of carbonyl (C=O) groups excluding carboxylic acids is 1. The van der Waals surface area contributed by atoms with E-state index < -0.39 is 0 Å². The molecule has 0 spiro atoms. The maximum Gasteiger partial charge on any atom is 0.237 e. The number of fused-ring (bicyclic) bond motifs is 1. The Balaban J connectivity index is 1.39. The molecule has 5 heteroatoms. The number of hydrogen-bond acceptors (Lipinski definition) is 4. The highest BCUT2D eigenvalue weighted by molar-refractivity contribution is 5.82. The Labute approximate surface area is 162 Å². The lowest BCUT2D eigenvalue weighted by molar-refractivity contribution is -0.123. The Hall–Kier alpha value is -1.43. The van der Waals surface area contributed by atoms with E-state index in [9.17, 15) is 4.79 Å². The lowest BCUT2D eigenvalue weighted by Crippen LogP contribution is -2.47. The van der Waals surface area contributed by atoms with Gasteiger partial charge in [0.15, 0.2) is 0 Å². The number of carbonyl (C=O) groups is 1. The van der Waals surface area contributed by atoms with Crippen LogP contribution >= 0.6 is 0 Å². The first-order valence-corrected chi connectivity index (χ1v) is 10.6. The molecule has 5 nitrogen and oxygen atoms in total. The highest BCUT2D eigenvalue weighted by Crippen LogP contribution is 2.33. The third kappa shape index (κ3) is 4.53. The highest BCUT2D eigenvalue weighted by atomic mass is 16.5. The van der Waals surface area contributed by atoms with Gasteiger partial charge in [0.1, 0.15) is 0 Å². The summed E-state index contributed by atoms with van der Waals surface area (Å²) in [4.78, 5) is 15.3. The summed E-state index contributed by atoms with van der Waals surface area (Å²) in [7, 11) is 0. The van der Waals surface area contributed by atoms with E-state index in [1.165, 1.54) is 36.8 Å². The number of ether oxygens (including phenoxy) is 1. The summed E-state index contributed by atoms with van der Waals surface area (Å²) in [5.74, 6) is 0.872. The highest BCUT2D eigenvalue weighted by Gasteiger charge is 2.38. The molecule has 3 aliphatic rings. The van der Waals surface area contributed by atoms with Crippen molar-refractivity contribution < 1.29 is 9.53 Å². The molecular weight excluding hydrogens is 338 g/mol. The van der Waals surface area contributed by atoms with Crippen molar-refractivity contribution in [1.82, 2.24) is 15.5 Å². The van der Waals surface area contributed by atoms with Crippen molar-refractivity contribution >= 4 is 5.91 Å². The largest absolute Gasteiger partial charge is 0.379 e. The second-order valence-electron chi connectivity index (χ2n) is 8.43. The van der Waals surface area contributed by atoms with E-state index in [-0.39, 0.29) is 18.0 Å². The van der Waals surface area contributed by atoms with E-state index in [4.69, 9.17) is 4.74 Å². The van der Waals surface area contributed by atoms with E-state index in [2.05, 4.69) is 46.7 Å². The molecule has 0 radical (unpaired) electrons. The van der Waals surface area contributed by atoms with E-state index >= 15 is 0 Å². The summed E-state index contributed by atoms with van der Waals surface area (Å²) in [6, 6.07) is 9.47. The van der Waals surface area contributed by atoms with Crippen molar-refractivity contribution in [1.29, 1.82) is 0 Å². The van der Waals surface area contributed by atoms with Gasteiger partial charge in [-0.05, 0) is 37.7 Å². The summed E-state index contributed by atoms with van der Waals surface area (Å²) < 4.78 is 5.53. The number of nitrogens with one attached hydrogen (secondary N) is 2. The second kappa shape index (κ2) is 8.72. The van der Waals surface area contributed by atoms with Crippen molar-refractivity contribution in [2.45, 2.75) is 57.2 Å². The van der Waals surface area contributed by atoms with Gasteiger partial charge in [0.25, 0.3) is 0 Å². The van der Waals surface area contributed by atoms with Crippen molar-refractivity contribution in [2.24, 2.45) is 5.92 Å². The molecule has 2 aliphatic heterocycles. The van der Waals surface area contributed by atoms with Crippen molar-refractivity contribution in [3.05, 3.63) is 35.4 Å². The Morgan fingerprint density at radius 2 is 1.96 bits per heavy atom. The summed E-state index contributed by atoms with van der Waals surface area (Å²) >= 11 is 0. The van der Waals surface area contributed by atoms with Crippen LogP contribution in [0.3, 0.4) is 0 Å². The molecule has 1 aromatic rings. The number of nitrogens with zero attached hydrogens (tertiary/aromatic N) is 1. The zero-order chi connectivity index (χ0) is 18.6. The van der Waals surface area contributed by atoms with Crippen LogP contribution < -0.4 is 10.6 Å². The summed E-state index contributed by atoms with van der Waals surface area (Å²) in [5, 5.41) is 6.86. The number of aryl methyl sites for hydroxylation is 1. The van der Waals surface area contributed by atoms with Crippen LogP contribution in [0.4, 0.5) is 0 Å². The molecule has 2 N–H and O–H groups in total. The molecular formula is C22H33N3O2. The van der Waals surface area contributed by atoms with Gasteiger partial charge in [-0.2, -0.15) is 0 Å². The number of rotatable bonds is 5. The fourth-order valence-corrected chi connectivity index (χ4v) is 4.98. The van der Waals surface area contributed by atoms with Crippen LogP contribution in [0.1, 0.15) is 49.3 Å². The molecule has 2 heterocycles. The van der Waals surface area contributed by atoms with Crippen LogP contribution in [0.25, 0.3) is 0 Å². The van der Waals surface area contributed by atoms with Crippen molar-refractivity contribution in [3.63, 3.8) is 0 Å². The van der Waals surface area contributed by atoms with E-state index in [0.29, 0.717) is 18.5 Å². The maximum atomic E-state index is 12.8. The predicted octanol–water partition coefficient (Wildman–Crippen LogP) is 2.41. The number of morpholine rings is 1. The van der Waals surface area contributed by atoms with Gasteiger partial charge < -0.3 is 15.4 Å². The van der Waals surface area contributed by atoms with Gasteiger partial charge in [0, 0.05) is 25.7 Å².